The molecule has 0 saturated carbocycles. The van der Waals surface area contributed by atoms with Gasteiger partial charge in [-0.25, -0.2) is 4.98 Å². The van der Waals surface area contributed by atoms with Gasteiger partial charge in [0.05, 0.1) is 11.7 Å². The van der Waals surface area contributed by atoms with Crippen molar-refractivity contribution in [3.8, 4) is 0 Å². The molecule has 146 valence electrons. The van der Waals surface area contributed by atoms with Crippen LogP contribution in [0.5, 0.6) is 0 Å². The Labute approximate surface area is 152 Å². The summed E-state index contributed by atoms with van der Waals surface area (Å²) in [4.78, 5) is 8.33. The minimum atomic E-state index is -4.34. The van der Waals surface area contributed by atoms with E-state index in [4.69, 9.17) is 4.74 Å². The number of nitrogens with one attached hydrogen (secondary N) is 1. The van der Waals surface area contributed by atoms with Gasteiger partial charge in [-0.1, -0.05) is 0 Å². The number of aromatic nitrogens is 1. The Kier molecular flexibility index (Phi) is 6.04. The first-order valence-corrected chi connectivity index (χ1v) is 9.21. The first kappa shape index (κ1) is 19.4. The fourth-order valence-corrected chi connectivity index (χ4v) is 3.82. The highest BCUT2D eigenvalue weighted by Crippen LogP contribution is 2.30. The maximum atomic E-state index is 12.6. The van der Waals surface area contributed by atoms with Crippen molar-refractivity contribution in [3.05, 3.63) is 23.9 Å². The van der Waals surface area contributed by atoms with Crippen LogP contribution >= 0.6 is 0 Å². The van der Waals surface area contributed by atoms with Gasteiger partial charge in [-0.3, -0.25) is 0 Å². The topological polar surface area (TPSA) is 40.6 Å². The van der Waals surface area contributed by atoms with Crippen molar-refractivity contribution in [2.75, 3.05) is 44.7 Å². The third-order valence-electron chi connectivity index (χ3n) is 5.17. The summed E-state index contributed by atoms with van der Waals surface area (Å²) >= 11 is 0. The Morgan fingerprint density at radius 1 is 1.23 bits per heavy atom. The Morgan fingerprint density at radius 2 is 1.96 bits per heavy atom. The molecule has 0 aromatic carbocycles. The Morgan fingerprint density at radius 3 is 2.54 bits per heavy atom. The highest BCUT2D eigenvalue weighted by Gasteiger charge is 2.34. The number of halogens is 3. The molecule has 2 atom stereocenters. The predicted molar refractivity (Wildman–Crippen MR) is 94.3 cm³/mol. The van der Waals surface area contributed by atoms with Gasteiger partial charge in [0, 0.05) is 51.1 Å². The quantitative estimate of drug-likeness (QED) is 0.860. The summed E-state index contributed by atoms with van der Waals surface area (Å²) in [6.45, 7) is 6.24. The van der Waals surface area contributed by atoms with E-state index in [1.807, 2.05) is 6.92 Å². The minimum absolute atomic E-state index is 0.222. The third kappa shape index (κ3) is 4.66. The molecule has 0 amide bonds. The normalized spacial score (nSPS) is 25.8. The summed E-state index contributed by atoms with van der Waals surface area (Å²) in [7, 11) is 2.10. The molecule has 2 fully saturated rings. The lowest BCUT2D eigenvalue weighted by Crippen LogP contribution is -2.50. The zero-order chi connectivity index (χ0) is 18.7. The molecule has 8 heteroatoms. The van der Waals surface area contributed by atoms with Crippen LogP contribution in [0.1, 0.15) is 25.3 Å². The smallest absolute Gasteiger partial charge is 0.375 e. The van der Waals surface area contributed by atoms with Gasteiger partial charge in [0.25, 0.3) is 0 Å². The summed E-state index contributed by atoms with van der Waals surface area (Å²) in [6, 6.07) is 3.31. The van der Waals surface area contributed by atoms with E-state index in [0.717, 1.165) is 51.3 Å². The van der Waals surface area contributed by atoms with Crippen molar-refractivity contribution in [1.82, 2.24) is 15.2 Å². The molecule has 0 unspecified atom stereocenters. The highest BCUT2D eigenvalue weighted by molar-refractivity contribution is 5.40. The van der Waals surface area contributed by atoms with Crippen LogP contribution in [-0.4, -0.2) is 67.9 Å². The first-order valence-electron chi connectivity index (χ1n) is 9.21. The number of likely N-dealkylation sites (tertiary alicyclic amines) is 1. The zero-order valence-electron chi connectivity index (χ0n) is 15.3. The lowest BCUT2D eigenvalue weighted by atomic mass is 10.0. The number of pyridine rings is 1. The van der Waals surface area contributed by atoms with Gasteiger partial charge in [-0.05, 0) is 38.9 Å². The monoisotopic (exact) mass is 372 g/mol. The first-order chi connectivity index (χ1) is 12.4. The van der Waals surface area contributed by atoms with Crippen LogP contribution in [0.2, 0.25) is 0 Å². The number of ether oxygens (including phenoxy) is 1. The molecule has 1 N–H and O–H groups in total. The summed E-state index contributed by atoms with van der Waals surface area (Å²) < 4.78 is 43.8. The molecule has 0 aliphatic carbocycles. The summed E-state index contributed by atoms with van der Waals surface area (Å²) in [5.74, 6) is 0.615. The van der Waals surface area contributed by atoms with Gasteiger partial charge in [-0.2, -0.15) is 13.2 Å². The third-order valence-corrected chi connectivity index (χ3v) is 5.17. The van der Waals surface area contributed by atoms with Crippen LogP contribution < -0.4 is 10.2 Å². The Balaban J connectivity index is 1.51. The number of likely N-dealkylation sites (N-methyl/N-ethyl adjacent to an activating group) is 1. The molecular formula is C18H27F3N4O. The molecule has 2 aliphatic heterocycles. The highest BCUT2D eigenvalue weighted by atomic mass is 19.4. The van der Waals surface area contributed by atoms with Crippen LogP contribution in [0.4, 0.5) is 19.0 Å². The SMILES string of the molecule is CCO[C@@H]1CN(C)C[C@H]1NC1CCN(c2ccc(C(F)(F)F)cn2)CC1. The maximum Gasteiger partial charge on any atom is 0.417 e. The summed E-state index contributed by atoms with van der Waals surface area (Å²) in [5, 5.41) is 3.72. The van der Waals surface area contributed by atoms with Crippen LogP contribution in [0, 0.1) is 0 Å². The van der Waals surface area contributed by atoms with Crippen LogP contribution in [0.3, 0.4) is 0 Å². The molecule has 26 heavy (non-hydrogen) atoms. The number of rotatable bonds is 5. The van der Waals surface area contributed by atoms with E-state index >= 15 is 0 Å². The second-order valence-corrected chi connectivity index (χ2v) is 7.15. The van der Waals surface area contributed by atoms with E-state index < -0.39 is 11.7 Å². The standard InChI is InChI=1S/C18H27F3N4O/c1-3-26-16-12-24(2)11-15(16)23-14-6-8-25(9-7-14)17-5-4-13(10-22-17)18(19,20)21/h4-5,10,14-16,23H,3,6-9,11-12H2,1-2H3/t15-,16-/m1/s1. The van der Waals surface area contributed by atoms with Crippen LogP contribution in [0.15, 0.2) is 18.3 Å². The lowest BCUT2D eigenvalue weighted by Gasteiger charge is -2.35. The molecule has 3 rings (SSSR count). The fraction of sp³-hybridized carbons (Fsp3) is 0.722. The van der Waals surface area contributed by atoms with Crippen molar-refractivity contribution in [1.29, 1.82) is 0 Å². The number of anilines is 1. The number of piperidine rings is 1. The molecule has 0 radical (unpaired) electrons. The van der Waals surface area contributed by atoms with Gasteiger partial charge in [0.1, 0.15) is 5.82 Å². The van der Waals surface area contributed by atoms with Crippen molar-refractivity contribution in [3.63, 3.8) is 0 Å². The number of alkyl halides is 3. The summed E-state index contributed by atoms with van der Waals surface area (Å²) in [5.41, 5.74) is -0.704. The van der Waals surface area contributed by atoms with E-state index in [9.17, 15) is 13.2 Å². The lowest BCUT2D eigenvalue weighted by molar-refractivity contribution is -0.137. The van der Waals surface area contributed by atoms with Crippen molar-refractivity contribution in [2.45, 2.75) is 44.1 Å². The summed E-state index contributed by atoms with van der Waals surface area (Å²) in [6.07, 6.45) is -1.31. The van der Waals surface area contributed by atoms with E-state index in [-0.39, 0.29) is 6.10 Å². The van der Waals surface area contributed by atoms with Crippen LogP contribution in [0.25, 0.3) is 0 Å². The number of hydrogen-bond acceptors (Lipinski definition) is 5. The van der Waals surface area contributed by atoms with Crippen molar-refractivity contribution < 1.29 is 17.9 Å². The fourth-order valence-electron chi connectivity index (χ4n) is 3.82. The average molecular weight is 372 g/mol. The molecule has 2 saturated heterocycles. The molecule has 3 heterocycles. The molecule has 1 aromatic rings. The maximum absolute atomic E-state index is 12.6. The van der Waals surface area contributed by atoms with Gasteiger partial charge < -0.3 is 19.9 Å². The van der Waals surface area contributed by atoms with Gasteiger partial charge >= 0.3 is 6.18 Å². The van der Waals surface area contributed by atoms with Crippen LogP contribution in [-0.2, 0) is 10.9 Å². The largest absolute Gasteiger partial charge is 0.417 e. The Bertz CT molecular complexity index is 573. The minimum Gasteiger partial charge on any atom is -0.375 e. The second-order valence-electron chi connectivity index (χ2n) is 7.15. The van der Waals surface area contributed by atoms with Gasteiger partial charge in [0.2, 0.25) is 0 Å². The molecule has 5 nitrogen and oxygen atoms in total. The van der Waals surface area contributed by atoms with Gasteiger partial charge in [0.15, 0.2) is 0 Å². The van der Waals surface area contributed by atoms with E-state index in [2.05, 4.69) is 27.1 Å². The van der Waals surface area contributed by atoms with E-state index in [1.165, 1.54) is 6.07 Å². The Hall–Kier alpha value is -1.38. The van der Waals surface area contributed by atoms with Gasteiger partial charge in [-0.15, -0.1) is 0 Å². The van der Waals surface area contributed by atoms with Crippen molar-refractivity contribution >= 4 is 5.82 Å². The molecular weight excluding hydrogens is 345 g/mol. The van der Waals surface area contributed by atoms with Crippen molar-refractivity contribution in [2.24, 2.45) is 0 Å². The number of nitrogens with zero attached hydrogens (tertiary/aromatic N) is 3. The zero-order valence-corrected chi connectivity index (χ0v) is 15.3. The van der Waals surface area contributed by atoms with E-state index in [0.29, 0.717) is 24.5 Å². The average Bonchev–Trinajstić information content (AvgIpc) is 2.94. The molecule has 2 aliphatic rings. The predicted octanol–water partition coefficient (Wildman–Crippen LogP) is 2.38. The second kappa shape index (κ2) is 8.10. The molecule has 0 spiro atoms. The number of hydrogen-bond donors (Lipinski definition) is 1. The van der Waals surface area contributed by atoms with E-state index in [1.54, 1.807) is 0 Å². The molecule has 1 aromatic heterocycles. The molecule has 0 bridgehead atoms.